The number of likely N-dealkylation sites (tertiary alicyclic amines) is 1. The quantitative estimate of drug-likeness (QED) is 0.586. The van der Waals surface area contributed by atoms with E-state index in [0.717, 1.165) is 36.5 Å². The van der Waals surface area contributed by atoms with E-state index in [9.17, 15) is 19.2 Å². The Balaban J connectivity index is 1.24. The molecule has 0 aromatic heterocycles. The number of amides is 3. The summed E-state index contributed by atoms with van der Waals surface area (Å²) in [6.07, 6.45) is 3.29. The van der Waals surface area contributed by atoms with E-state index < -0.39 is 18.5 Å². The molecule has 156 valence electrons. The Kier molecular flexibility index (Phi) is 5.79. The van der Waals surface area contributed by atoms with Gasteiger partial charge >= 0.3 is 5.97 Å². The molecule has 0 radical (unpaired) electrons. The van der Waals surface area contributed by atoms with Crippen molar-refractivity contribution >= 4 is 40.2 Å². The van der Waals surface area contributed by atoms with Crippen molar-refractivity contribution in [2.24, 2.45) is 11.8 Å². The van der Waals surface area contributed by atoms with Crippen LogP contribution in [0.15, 0.2) is 42.5 Å². The number of hydrogen-bond acceptors (Lipinski definition) is 5. The zero-order valence-corrected chi connectivity index (χ0v) is 16.6. The van der Waals surface area contributed by atoms with Crippen LogP contribution in [0.4, 0.5) is 5.69 Å². The molecule has 2 atom stereocenters. The van der Waals surface area contributed by atoms with Crippen molar-refractivity contribution in [3.8, 4) is 0 Å². The first-order chi connectivity index (χ1) is 14.5. The first-order valence-corrected chi connectivity index (χ1v) is 10.3. The normalized spacial score (nSPS) is 20.9. The highest BCUT2D eigenvalue weighted by molar-refractivity contribution is 6.05. The summed E-state index contributed by atoms with van der Waals surface area (Å²) in [4.78, 5) is 50.1. The Morgan fingerprint density at radius 1 is 0.967 bits per heavy atom. The molecule has 4 rings (SSSR count). The first kappa shape index (κ1) is 20.1. The molecule has 7 heteroatoms. The maximum absolute atomic E-state index is 12.4. The van der Waals surface area contributed by atoms with E-state index in [1.54, 1.807) is 6.07 Å². The lowest BCUT2D eigenvalue weighted by atomic mass is 9.81. The number of nitrogens with zero attached hydrogens (tertiary/aromatic N) is 1. The van der Waals surface area contributed by atoms with Gasteiger partial charge in [-0.05, 0) is 35.7 Å². The van der Waals surface area contributed by atoms with E-state index in [1.807, 2.05) is 36.4 Å². The van der Waals surface area contributed by atoms with Gasteiger partial charge in [0.05, 0.1) is 18.3 Å². The Hall–Kier alpha value is -3.22. The van der Waals surface area contributed by atoms with Gasteiger partial charge in [0, 0.05) is 12.2 Å². The summed E-state index contributed by atoms with van der Waals surface area (Å²) in [5.41, 5.74) is 0.616. The third kappa shape index (κ3) is 4.20. The van der Waals surface area contributed by atoms with Crippen molar-refractivity contribution in [2.45, 2.75) is 32.1 Å². The van der Waals surface area contributed by atoms with Gasteiger partial charge in [-0.3, -0.25) is 24.1 Å². The molecular weight excluding hydrogens is 384 g/mol. The molecule has 3 amide bonds. The SMILES string of the molecule is O=C(COC(=O)CCN1C(=O)[C@@H]2CCCC[C@H]2C1=O)Nc1ccc2ccccc2c1. The van der Waals surface area contributed by atoms with Gasteiger partial charge in [0.1, 0.15) is 0 Å². The number of hydrogen-bond donors (Lipinski definition) is 1. The van der Waals surface area contributed by atoms with E-state index in [-0.39, 0.29) is 36.6 Å². The Morgan fingerprint density at radius 3 is 2.33 bits per heavy atom. The van der Waals surface area contributed by atoms with Gasteiger partial charge in [-0.25, -0.2) is 0 Å². The molecule has 2 aliphatic rings. The highest BCUT2D eigenvalue weighted by atomic mass is 16.5. The third-order valence-electron chi connectivity index (χ3n) is 5.87. The van der Waals surface area contributed by atoms with Gasteiger partial charge < -0.3 is 10.1 Å². The molecule has 2 aromatic carbocycles. The minimum atomic E-state index is -0.612. The molecule has 1 heterocycles. The van der Waals surface area contributed by atoms with E-state index in [4.69, 9.17) is 4.74 Å². The van der Waals surface area contributed by atoms with E-state index >= 15 is 0 Å². The molecule has 1 N–H and O–H groups in total. The summed E-state index contributed by atoms with van der Waals surface area (Å²) in [7, 11) is 0. The van der Waals surface area contributed by atoms with Gasteiger partial charge in [-0.1, -0.05) is 43.2 Å². The van der Waals surface area contributed by atoms with Gasteiger partial charge in [0.15, 0.2) is 6.61 Å². The van der Waals surface area contributed by atoms with Crippen LogP contribution in [0.1, 0.15) is 32.1 Å². The number of fused-ring (bicyclic) bond motifs is 2. The third-order valence-corrected chi connectivity index (χ3v) is 5.87. The van der Waals surface area contributed by atoms with Gasteiger partial charge in [0.25, 0.3) is 5.91 Å². The van der Waals surface area contributed by atoms with Crippen LogP contribution in [-0.4, -0.2) is 41.7 Å². The van der Waals surface area contributed by atoms with Crippen LogP contribution in [0.25, 0.3) is 10.8 Å². The zero-order chi connectivity index (χ0) is 21.1. The number of esters is 1. The summed E-state index contributed by atoms with van der Waals surface area (Å²) in [6, 6.07) is 13.3. The number of anilines is 1. The largest absolute Gasteiger partial charge is 0.456 e. The molecule has 30 heavy (non-hydrogen) atoms. The topological polar surface area (TPSA) is 92.8 Å². The molecule has 0 unspecified atom stereocenters. The summed E-state index contributed by atoms with van der Waals surface area (Å²) in [6.45, 7) is -0.408. The predicted octanol–water partition coefficient (Wildman–Crippen LogP) is 2.89. The highest BCUT2D eigenvalue weighted by Crippen LogP contribution is 2.37. The molecule has 0 bridgehead atoms. The fraction of sp³-hybridized carbons (Fsp3) is 0.391. The number of nitrogens with one attached hydrogen (secondary N) is 1. The first-order valence-electron chi connectivity index (χ1n) is 10.3. The van der Waals surface area contributed by atoms with Gasteiger partial charge in [0.2, 0.25) is 11.8 Å². The number of carbonyl (C=O) groups is 4. The smallest absolute Gasteiger partial charge is 0.308 e. The van der Waals surface area contributed by atoms with Crippen molar-refractivity contribution in [2.75, 3.05) is 18.5 Å². The van der Waals surface area contributed by atoms with Gasteiger partial charge in [-0.2, -0.15) is 0 Å². The lowest BCUT2D eigenvalue weighted by Crippen LogP contribution is -2.33. The summed E-state index contributed by atoms with van der Waals surface area (Å²) < 4.78 is 5.01. The molecule has 0 spiro atoms. The molecule has 1 saturated heterocycles. The van der Waals surface area contributed by atoms with Crippen molar-refractivity contribution in [3.63, 3.8) is 0 Å². The molecule has 2 fully saturated rings. The molecule has 1 saturated carbocycles. The zero-order valence-electron chi connectivity index (χ0n) is 16.6. The van der Waals surface area contributed by atoms with Crippen molar-refractivity contribution in [1.82, 2.24) is 4.90 Å². The number of rotatable bonds is 6. The van der Waals surface area contributed by atoms with Crippen LogP contribution in [-0.2, 0) is 23.9 Å². The van der Waals surface area contributed by atoms with Crippen molar-refractivity contribution in [1.29, 1.82) is 0 Å². The predicted molar refractivity (Wildman–Crippen MR) is 110 cm³/mol. The maximum Gasteiger partial charge on any atom is 0.308 e. The van der Waals surface area contributed by atoms with E-state index in [2.05, 4.69) is 5.32 Å². The molecule has 7 nitrogen and oxygen atoms in total. The second-order valence-electron chi connectivity index (χ2n) is 7.85. The van der Waals surface area contributed by atoms with Gasteiger partial charge in [-0.15, -0.1) is 0 Å². The number of imide groups is 1. The second-order valence-corrected chi connectivity index (χ2v) is 7.85. The number of benzene rings is 2. The van der Waals surface area contributed by atoms with Crippen LogP contribution >= 0.6 is 0 Å². The Labute approximate surface area is 174 Å². The minimum absolute atomic E-state index is 0.00972. The van der Waals surface area contributed by atoms with Crippen molar-refractivity contribution in [3.05, 3.63) is 42.5 Å². The fourth-order valence-corrected chi connectivity index (χ4v) is 4.34. The van der Waals surface area contributed by atoms with Crippen molar-refractivity contribution < 1.29 is 23.9 Å². The standard InChI is InChI=1S/C23H24N2O5/c26-20(24-17-10-9-15-5-1-2-6-16(15)13-17)14-30-21(27)11-12-25-22(28)18-7-3-4-8-19(18)23(25)29/h1-2,5-6,9-10,13,18-19H,3-4,7-8,11-12,14H2,(H,24,26)/t18-,19-/m1/s1. The van der Waals surface area contributed by atoms with Crippen LogP contribution in [0.5, 0.6) is 0 Å². The second kappa shape index (κ2) is 8.65. The Bertz CT molecular complexity index is 978. The lowest BCUT2D eigenvalue weighted by Gasteiger charge is -2.19. The van der Waals surface area contributed by atoms with E-state index in [0.29, 0.717) is 5.69 Å². The summed E-state index contributed by atoms with van der Waals surface area (Å²) >= 11 is 0. The summed E-state index contributed by atoms with van der Waals surface area (Å²) in [5, 5.41) is 4.76. The summed E-state index contributed by atoms with van der Waals surface area (Å²) in [5.74, 6) is -1.86. The fourth-order valence-electron chi connectivity index (χ4n) is 4.34. The molecular formula is C23H24N2O5. The number of ether oxygens (including phenoxy) is 1. The molecule has 1 aliphatic heterocycles. The van der Waals surface area contributed by atoms with E-state index in [1.165, 1.54) is 4.90 Å². The highest BCUT2D eigenvalue weighted by Gasteiger charge is 2.47. The maximum atomic E-state index is 12.4. The average molecular weight is 408 g/mol. The Morgan fingerprint density at radius 2 is 1.63 bits per heavy atom. The number of carbonyl (C=O) groups excluding carboxylic acids is 4. The average Bonchev–Trinajstić information content (AvgIpc) is 3.01. The minimum Gasteiger partial charge on any atom is -0.456 e. The van der Waals surface area contributed by atoms with Crippen LogP contribution in [0, 0.1) is 11.8 Å². The molecule has 1 aliphatic carbocycles. The van der Waals surface area contributed by atoms with Crippen LogP contribution < -0.4 is 5.32 Å². The monoisotopic (exact) mass is 408 g/mol. The van der Waals surface area contributed by atoms with Crippen LogP contribution in [0.2, 0.25) is 0 Å². The molecule has 2 aromatic rings. The lowest BCUT2D eigenvalue weighted by molar-refractivity contribution is -0.148. The van der Waals surface area contributed by atoms with Crippen LogP contribution in [0.3, 0.4) is 0 Å².